The molecular formula is C18H23N3O2. The summed E-state index contributed by atoms with van der Waals surface area (Å²) in [6.07, 6.45) is 4.71. The number of amides is 2. The number of likely N-dealkylation sites (N-methyl/N-ethyl adjacent to an activating group) is 1. The topological polar surface area (TPSA) is 52.7 Å². The molecule has 1 aromatic rings. The molecule has 0 radical (unpaired) electrons. The monoisotopic (exact) mass is 313 g/mol. The Morgan fingerprint density at radius 3 is 2.70 bits per heavy atom. The lowest BCUT2D eigenvalue weighted by atomic mass is 10.1. The number of rotatable bonds is 4. The zero-order chi connectivity index (χ0) is 16.1. The van der Waals surface area contributed by atoms with Crippen molar-refractivity contribution in [1.29, 1.82) is 0 Å². The smallest absolute Gasteiger partial charge is 0.254 e. The number of nitrogens with one attached hydrogen (secondary N) is 1. The van der Waals surface area contributed by atoms with Gasteiger partial charge < -0.3 is 15.1 Å². The lowest BCUT2D eigenvalue weighted by Gasteiger charge is -2.31. The maximum absolute atomic E-state index is 13.0. The van der Waals surface area contributed by atoms with Gasteiger partial charge in [0.1, 0.15) is 0 Å². The number of fused-ring (bicyclic) bond motifs is 1. The quantitative estimate of drug-likeness (QED) is 0.929. The molecule has 1 N–H and O–H groups in total. The maximum atomic E-state index is 13.0. The first-order valence-corrected chi connectivity index (χ1v) is 8.52. The second-order valence-electron chi connectivity index (χ2n) is 7.16. The number of anilines is 2. The Balaban J connectivity index is 1.62. The summed E-state index contributed by atoms with van der Waals surface area (Å²) >= 11 is 0. The van der Waals surface area contributed by atoms with Gasteiger partial charge in [-0.3, -0.25) is 9.59 Å². The first-order chi connectivity index (χ1) is 11.0. The Hall–Kier alpha value is -2.04. The van der Waals surface area contributed by atoms with E-state index in [-0.39, 0.29) is 11.8 Å². The van der Waals surface area contributed by atoms with E-state index >= 15 is 0 Å². The maximum Gasteiger partial charge on any atom is 0.254 e. The highest BCUT2D eigenvalue weighted by Crippen LogP contribution is 2.41. The van der Waals surface area contributed by atoms with Crippen molar-refractivity contribution >= 4 is 23.2 Å². The Morgan fingerprint density at radius 2 is 2.04 bits per heavy atom. The molecule has 1 heterocycles. The van der Waals surface area contributed by atoms with Crippen LogP contribution in [-0.2, 0) is 4.79 Å². The van der Waals surface area contributed by atoms with Crippen LogP contribution in [0, 0.1) is 5.92 Å². The minimum Gasteiger partial charge on any atom is -0.364 e. The van der Waals surface area contributed by atoms with Crippen LogP contribution in [0.4, 0.5) is 11.4 Å². The zero-order valence-corrected chi connectivity index (χ0v) is 13.7. The molecule has 2 amide bonds. The third-order valence-electron chi connectivity index (χ3n) is 5.23. The van der Waals surface area contributed by atoms with E-state index in [1.165, 1.54) is 12.8 Å². The predicted octanol–water partition coefficient (Wildman–Crippen LogP) is 2.48. The molecule has 0 bridgehead atoms. The Morgan fingerprint density at radius 1 is 1.30 bits per heavy atom. The van der Waals surface area contributed by atoms with Gasteiger partial charge in [-0.2, -0.15) is 0 Å². The summed E-state index contributed by atoms with van der Waals surface area (Å²) in [7, 11) is 1.89. The van der Waals surface area contributed by atoms with Crippen LogP contribution in [0.3, 0.4) is 0 Å². The lowest BCUT2D eigenvalue weighted by Crippen LogP contribution is -2.42. The second-order valence-corrected chi connectivity index (χ2v) is 7.16. The summed E-state index contributed by atoms with van der Waals surface area (Å²) in [5.74, 6) is 0.746. The second kappa shape index (κ2) is 5.25. The summed E-state index contributed by atoms with van der Waals surface area (Å²) in [5, 5.41) is 2.88. The predicted molar refractivity (Wildman–Crippen MR) is 89.7 cm³/mol. The van der Waals surface area contributed by atoms with Crippen LogP contribution in [0.5, 0.6) is 0 Å². The Bertz CT molecular complexity index is 664. The SMILES string of the molecule is C[C@@H](C1CC1)N(C(=O)c1ccc2c(c1)NC(=O)CN2C)C1CC1. The number of carbonyl (C=O) groups is 2. The van der Waals surface area contributed by atoms with Crippen LogP contribution in [0.2, 0.25) is 0 Å². The van der Waals surface area contributed by atoms with Gasteiger partial charge in [0.05, 0.1) is 17.9 Å². The normalized spacial score (nSPS) is 21.5. The van der Waals surface area contributed by atoms with Crippen molar-refractivity contribution in [1.82, 2.24) is 4.90 Å². The molecule has 0 spiro atoms. The van der Waals surface area contributed by atoms with Crippen molar-refractivity contribution in [3.05, 3.63) is 23.8 Å². The molecule has 2 aliphatic carbocycles. The van der Waals surface area contributed by atoms with Crippen molar-refractivity contribution in [3.8, 4) is 0 Å². The summed E-state index contributed by atoms with van der Waals surface area (Å²) < 4.78 is 0. The summed E-state index contributed by atoms with van der Waals surface area (Å²) in [6, 6.07) is 6.40. The number of carbonyl (C=O) groups excluding carboxylic acids is 2. The largest absolute Gasteiger partial charge is 0.364 e. The van der Waals surface area contributed by atoms with Crippen molar-refractivity contribution in [2.75, 3.05) is 23.8 Å². The van der Waals surface area contributed by atoms with E-state index in [2.05, 4.69) is 17.1 Å². The molecule has 0 aromatic heterocycles. The summed E-state index contributed by atoms with van der Waals surface area (Å²) in [4.78, 5) is 28.8. The number of nitrogens with zero attached hydrogens (tertiary/aromatic N) is 2. The fourth-order valence-electron chi connectivity index (χ4n) is 3.58. The molecule has 2 fully saturated rings. The highest BCUT2D eigenvalue weighted by Gasteiger charge is 2.42. The van der Waals surface area contributed by atoms with E-state index in [1.54, 1.807) is 0 Å². The fraction of sp³-hybridized carbons (Fsp3) is 0.556. The molecule has 3 aliphatic rings. The van der Waals surface area contributed by atoms with Gasteiger partial charge in [0.15, 0.2) is 0 Å². The Labute approximate surface area is 136 Å². The van der Waals surface area contributed by atoms with E-state index in [0.29, 0.717) is 30.1 Å². The van der Waals surface area contributed by atoms with E-state index < -0.39 is 0 Å². The Kier molecular flexibility index (Phi) is 3.32. The van der Waals surface area contributed by atoms with Gasteiger partial charge in [-0.15, -0.1) is 0 Å². The first-order valence-electron chi connectivity index (χ1n) is 8.52. The van der Waals surface area contributed by atoms with E-state index in [1.807, 2.05) is 30.1 Å². The molecule has 1 aliphatic heterocycles. The molecule has 23 heavy (non-hydrogen) atoms. The van der Waals surface area contributed by atoms with Gasteiger partial charge in [0.25, 0.3) is 5.91 Å². The van der Waals surface area contributed by atoms with Crippen molar-refractivity contribution in [2.24, 2.45) is 5.92 Å². The molecule has 5 heteroatoms. The minimum atomic E-state index is -0.0324. The molecule has 5 nitrogen and oxygen atoms in total. The van der Waals surface area contributed by atoms with Gasteiger partial charge in [0.2, 0.25) is 5.91 Å². The molecule has 2 saturated carbocycles. The molecule has 0 saturated heterocycles. The number of benzene rings is 1. The van der Waals surface area contributed by atoms with Crippen LogP contribution >= 0.6 is 0 Å². The van der Waals surface area contributed by atoms with Crippen LogP contribution in [0.1, 0.15) is 43.0 Å². The molecule has 1 atom stereocenters. The highest BCUT2D eigenvalue weighted by atomic mass is 16.2. The zero-order valence-electron chi connectivity index (χ0n) is 13.7. The molecule has 0 unspecified atom stereocenters. The van der Waals surface area contributed by atoms with Crippen LogP contribution in [0.15, 0.2) is 18.2 Å². The average Bonchev–Trinajstić information content (AvgIpc) is 3.37. The lowest BCUT2D eigenvalue weighted by molar-refractivity contribution is -0.115. The summed E-state index contributed by atoms with van der Waals surface area (Å²) in [6.45, 7) is 2.54. The number of hydrogen-bond donors (Lipinski definition) is 1. The van der Waals surface area contributed by atoms with Crippen LogP contribution in [-0.4, -0.2) is 42.4 Å². The third-order valence-corrected chi connectivity index (χ3v) is 5.23. The van der Waals surface area contributed by atoms with Gasteiger partial charge in [-0.25, -0.2) is 0 Å². The summed E-state index contributed by atoms with van der Waals surface area (Å²) in [5.41, 5.74) is 2.39. The first kappa shape index (κ1) is 14.5. The van der Waals surface area contributed by atoms with Gasteiger partial charge in [-0.1, -0.05) is 0 Å². The van der Waals surface area contributed by atoms with Crippen molar-refractivity contribution in [3.63, 3.8) is 0 Å². The molecule has 4 rings (SSSR count). The molecular weight excluding hydrogens is 290 g/mol. The van der Waals surface area contributed by atoms with E-state index in [0.717, 1.165) is 24.2 Å². The van der Waals surface area contributed by atoms with Gasteiger partial charge in [-0.05, 0) is 56.7 Å². The van der Waals surface area contributed by atoms with Crippen LogP contribution < -0.4 is 10.2 Å². The fourth-order valence-corrected chi connectivity index (χ4v) is 3.58. The number of hydrogen-bond acceptors (Lipinski definition) is 3. The molecule has 122 valence electrons. The van der Waals surface area contributed by atoms with Gasteiger partial charge >= 0.3 is 0 Å². The minimum absolute atomic E-state index is 0.0324. The van der Waals surface area contributed by atoms with Crippen molar-refractivity contribution in [2.45, 2.75) is 44.7 Å². The van der Waals surface area contributed by atoms with Crippen molar-refractivity contribution < 1.29 is 9.59 Å². The highest BCUT2D eigenvalue weighted by molar-refractivity contribution is 6.04. The van der Waals surface area contributed by atoms with Gasteiger partial charge in [0, 0.05) is 24.7 Å². The van der Waals surface area contributed by atoms with E-state index in [4.69, 9.17) is 0 Å². The molecule has 1 aromatic carbocycles. The standard InChI is InChI=1S/C18H23N3O2/c1-11(12-3-4-12)21(14-6-7-14)18(23)13-5-8-16-15(9-13)19-17(22)10-20(16)2/h5,8-9,11-12,14H,3-4,6-7,10H2,1-2H3,(H,19,22)/t11-/m0/s1. The third kappa shape index (κ3) is 2.69. The van der Waals surface area contributed by atoms with Crippen LogP contribution in [0.25, 0.3) is 0 Å². The van der Waals surface area contributed by atoms with E-state index in [9.17, 15) is 9.59 Å². The average molecular weight is 313 g/mol.